The Balaban J connectivity index is 0.993. The van der Waals surface area contributed by atoms with Crippen molar-refractivity contribution in [2.45, 2.75) is 63.6 Å². The van der Waals surface area contributed by atoms with Crippen molar-refractivity contribution in [1.82, 2.24) is 10.3 Å². The third kappa shape index (κ3) is 10.6. The summed E-state index contributed by atoms with van der Waals surface area (Å²) in [5.74, 6) is 0.702. The average Bonchev–Trinajstić information content (AvgIpc) is 3.09. The Bertz CT molecular complexity index is 1710. The van der Waals surface area contributed by atoms with Crippen molar-refractivity contribution < 1.29 is 29.0 Å². The summed E-state index contributed by atoms with van der Waals surface area (Å²) < 4.78 is 12.8. The third-order valence-corrected chi connectivity index (χ3v) is 9.32. The van der Waals surface area contributed by atoms with Crippen LogP contribution in [-0.2, 0) is 4.74 Å². The van der Waals surface area contributed by atoms with Gasteiger partial charge in [-0.25, -0.2) is 4.79 Å². The molecule has 0 bridgehead atoms. The molecule has 1 aliphatic heterocycles. The number of phenols is 1. The highest BCUT2D eigenvalue weighted by Crippen LogP contribution is 2.32. The number of hydrogen-bond acceptors (Lipinski definition) is 7. The Hall–Kier alpha value is -4.38. The number of piperidine rings is 1. The summed E-state index contributed by atoms with van der Waals surface area (Å²) in [6.45, 7) is 3.77. The van der Waals surface area contributed by atoms with E-state index in [-0.39, 0.29) is 17.4 Å². The molecule has 1 atom stereocenters. The average molecular weight is 672 g/mol. The zero-order valence-electron chi connectivity index (χ0n) is 28.7. The monoisotopic (exact) mass is 671 g/mol. The smallest absolute Gasteiger partial charge is 0.411 e. The summed E-state index contributed by atoms with van der Waals surface area (Å²) in [5.41, 5.74) is 3.31. The number of H-pyrrole nitrogens is 1. The van der Waals surface area contributed by atoms with Crippen molar-refractivity contribution in [2.75, 3.05) is 52.2 Å². The van der Waals surface area contributed by atoms with Crippen LogP contribution in [0.5, 0.6) is 11.5 Å². The number of fused-ring (bicyclic) bond motifs is 1. The molecule has 1 fully saturated rings. The number of aliphatic hydroxyl groups excluding tert-OH is 1. The molecule has 10 heteroatoms. The number of unbranched alkanes of at least 4 members (excludes halogenated alkanes) is 5. The third-order valence-electron chi connectivity index (χ3n) is 9.32. The number of anilines is 1. The number of ether oxygens (including phenoxy) is 2. The van der Waals surface area contributed by atoms with Crippen molar-refractivity contribution in [3.8, 4) is 22.6 Å². The Morgan fingerprint density at radius 1 is 0.939 bits per heavy atom. The fourth-order valence-electron chi connectivity index (χ4n) is 6.39. The molecule has 5 N–H and O–H groups in total. The molecule has 0 spiro atoms. The van der Waals surface area contributed by atoms with Crippen LogP contribution in [0.15, 0.2) is 77.6 Å². The number of carbonyl (C=O) groups is 1. The van der Waals surface area contributed by atoms with Crippen LogP contribution in [0.25, 0.3) is 22.0 Å². The van der Waals surface area contributed by atoms with Crippen LogP contribution in [-0.4, -0.2) is 78.8 Å². The normalized spacial score (nSPS) is 15.2. The molecule has 0 saturated carbocycles. The molecule has 262 valence electrons. The predicted octanol–water partition coefficient (Wildman–Crippen LogP) is 6.73. The SMILES string of the molecule is C[N+]1(C)CCC(OC(=O)Nc2cc(OCCCCCCCCNC[C@H](O)c3ccc(O)c4[nH]c(=O)ccc34)ccc2-c2ccccc2)CC1. The second-order valence-electron chi connectivity index (χ2n) is 13.7. The van der Waals surface area contributed by atoms with Crippen LogP contribution >= 0.6 is 0 Å². The second kappa shape index (κ2) is 17.3. The van der Waals surface area contributed by atoms with E-state index < -0.39 is 12.2 Å². The Morgan fingerprint density at radius 3 is 2.45 bits per heavy atom. The number of rotatable bonds is 16. The van der Waals surface area contributed by atoms with E-state index in [0.29, 0.717) is 41.1 Å². The maximum atomic E-state index is 12.9. The van der Waals surface area contributed by atoms with Gasteiger partial charge in [0.1, 0.15) is 17.6 Å². The van der Waals surface area contributed by atoms with Crippen molar-refractivity contribution in [3.63, 3.8) is 0 Å². The number of nitrogens with zero attached hydrogens (tertiary/aromatic N) is 1. The summed E-state index contributed by atoms with van der Waals surface area (Å²) in [4.78, 5) is 27.2. The number of amides is 1. The van der Waals surface area contributed by atoms with Gasteiger partial charge in [0.15, 0.2) is 0 Å². The number of nitrogens with one attached hydrogen (secondary N) is 3. The van der Waals surface area contributed by atoms with Gasteiger partial charge in [-0.05, 0) is 54.8 Å². The molecule has 0 radical (unpaired) electrons. The fourth-order valence-corrected chi connectivity index (χ4v) is 6.39. The van der Waals surface area contributed by atoms with Gasteiger partial charge in [0.2, 0.25) is 5.56 Å². The molecular formula is C39H51N4O6+. The number of quaternary nitrogens is 1. The van der Waals surface area contributed by atoms with Crippen LogP contribution in [0.4, 0.5) is 10.5 Å². The summed E-state index contributed by atoms with van der Waals surface area (Å²) in [5, 5.41) is 27.7. The number of carbonyl (C=O) groups excluding carboxylic acids is 1. The first kappa shape index (κ1) is 35.9. The first-order chi connectivity index (χ1) is 23.7. The molecule has 49 heavy (non-hydrogen) atoms. The molecule has 0 aliphatic carbocycles. The Kier molecular flexibility index (Phi) is 12.7. The van der Waals surface area contributed by atoms with Crippen molar-refractivity contribution in [2.24, 2.45) is 0 Å². The second-order valence-corrected chi connectivity index (χ2v) is 13.7. The number of aromatic hydroxyl groups is 1. The number of benzene rings is 3. The lowest BCUT2D eigenvalue weighted by Crippen LogP contribution is -2.48. The van der Waals surface area contributed by atoms with Crippen molar-refractivity contribution in [3.05, 3.63) is 88.7 Å². The quantitative estimate of drug-likeness (QED) is 0.0659. The van der Waals surface area contributed by atoms with Gasteiger partial charge in [0.25, 0.3) is 0 Å². The molecule has 1 aromatic heterocycles. The Morgan fingerprint density at radius 2 is 1.67 bits per heavy atom. The number of phenolic OH excluding ortho intramolecular Hbond substituents is 1. The van der Waals surface area contributed by atoms with E-state index in [2.05, 4.69) is 29.7 Å². The highest BCUT2D eigenvalue weighted by molar-refractivity contribution is 5.92. The van der Waals surface area contributed by atoms with Crippen LogP contribution in [0.3, 0.4) is 0 Å². The minimum Gasteiger partial charge on any atom is -0.506 e. The lowest BCUT2D eigenvalue weighted by atomic mass is 10.0. The van der Waals surface area contributed by atoms with Crippen molar-refractivity contribution in [1.29, 1.82) is 0 Å². The first-order valence-corrected chi connectivity index (χ1v) is 17.5. The highest BCUT2D eigenvalue weighted by Gasteiger charge is 2.28. The molecule has 3 aromatic carbocycles. The largest absolute Gasteiger partial charge is 0.506 e. The molecule has 4 aromatic rings. The zero-order valence-corrected chi connectivity index (χ0v) is 28.7. The van der Waals surface area contributed by atoms with Crippen LogP contribution in [0.2, 0.25) is 0 Å². The van der Waals surface area contributed by atoms with E-state index in [1.807, 2.05) is 48.5 Å². The number of aliphatic hydroxyl groups is 1. The van der Waals surface area contributed by atoms with E-state index in [1.165, 1.54) is 12.1 Å². The fraction of sp³-hybridized carbons (Fsp3) is 0.436. The van der Waals surface area contributed by atoms with Gasteiger partial charge >= 0.3 is 6.09 Å². The van der Waals surface area contributed by atoms with Crippen LogP contribution in [0, 0.1) is 0 Å². The van der Waals surface area contributed by atoms with E-state index >= 15 is 0 Å². The van der Waals surface area contributed by atoms with Crippen LogP contribution in [0.1, 0.15) is 63.0 Å². The predicted molar refractivity (Wildman–Crippen MR) is 194 cm³/mol. The Labute approximate surface area is 288 Å². The van der Waals surface area contributed by atoms with E-state index in [9.17, 15) is 19.8 Å². The molecule has 10 nitrogen and oxygen atoms in total. The standard InChI is InChI=1S/C39H50N4O6/c1-43(2)23-20-29(21-24-43)49-39(47)41-34-26-30(14-15-31(34)28-12-8-7-9-13-28)48-25-11-6-4-3-5-10-22-40-27-36(45)32-16-18-35(44)38-33(32)17-19-37(46)42-38/h7-9,12-19,26,29,36,40,45H,3-6,10-11,20-25,27H2,1-2H3,(H2-,41,42,44,46,47)/p+1/t36-/m0/s1. The lowest BCUT2D eigenvalue weighted by Gasteiger charge is -2.36. The minimum atomic E-state index is -0.752. The van der Waals surface area contributed by atoms with Gasteiger partial charge in [0, 0.05) is 42.5 Å². The maximum absolute atomic E-state index is 12.9. The van der Waals surface area contributed by atoms with Gasteiger partial charge in [0.05, 0.1) is 51.1 Å². The van der Waals surface area contributed by atoms with Crippen LogP contribution < -0.4 is 20.9 Å². The van der Waals surface area contributed by atoms with Gasteiger partial charge in [-0.3, -0.25) is 10.1 Å². The number of pyridine rings is 1. The number of aromatic nitrogens is 1. The molecule has 5 rings (SSSR count). The summed E-state index contributed by atoms with van der Waals surface area (Å²) in [6.07, 6.45) is 6.84. The molecule has 1 aliphatic rings. The summed E-state index contributed by atoms with van der Waals surface area (Å²) in [7, 11) is 4.42. The minimum absolute atomic E-state index is 0.0143. The first-order valence-electron chi connectivity index (χ1n) is 17.5. The molecule has 1 saturated heterocycles. The van der Waals surface area contributed by atoms with E-state index in [0.717, 1.165) is 86.6 Å². The molecular weight excluding hydrogens is 620 g/mol. The summed E-state index contributed by atoms with van der Waals surface area (Å²) >= 11 is 0. The topological polar surface area (TPSA) is 133 Å². The van der Waals surface area contributed by atoms with Gasteiger partial charge in [-0.2, -0.15) is 0 Å². The molecule has 0 unspecified atom stereocenters. The molecule has 1 amide bonds. The zero-order chi connectivity index (χ0) is 34.6. The van der Waals surface area contributed by atoms with Gasteiger partial charge in [-0.1, -0.05) is 62.1 Å². The number of hydrogen-bond donors (Lipinski definition) is 5. The highest BCUT2D eigenvalue weighted by atomic mass is 16.6. The van der Waals surface area contributed by atoms with E-state index in [1.54, 1.807) is 12.1 Å². The van der Waals surface area contributed by atoms with Gasteiger partial charge < -0.3 is 34.5 Å². The van der Waals surface area contributed by atoms with Gasteiger partial charge in [-0.15, -0.1) is 0 Å². The lowest BCUT2D eigenvalue weighted by molar-refractivity contribution is -0.896. The summed E-state index contributed by atoms with van der Waals surface area (Å²) in [6, 6.07) is 22.0. The number of likely N-dealkylation sites (tertiary alicyclic amines) is 1. The molecule has 2 heterocycles. The maximum Gasteiger partial charge on any atom is 0.411 e. The number of aromatic amines is 1. The van der Waals surface area contributed by atoms with E-state index in [4.69, 9.17) is 9.47 Å². The van der Waals surface area contributed by atoms with Crippen molar-refractivity contribution >= 4 is 22.7 Å².